The van der Waals surface area contributed by atoms with Crippen molar-refractivity contribution in [2.24, 2.45) is 0 Å². The van der Waals surface area contributed by atoms with Crippen LogP contribution in [0.1, 0.15) is 0 Å². The fourth-order valence-corrected chi connectivity index (χ4v) is 0. The molecule has 0 amide bonds. The van der Waals surface area contributed by atoms with Crippen molar-refractivity contribution < 1.29 is 21.9 Å². The summed E-state index contributed by atoms with van der Waals surface area (Å²) in [7, 11) is 0. The van der Waals surface area contributed by atoms with Gasteiger partial charge in [0.05, 0.1) is 0 Å². The van der Waals surface area contributed by atoms with Gasteiger partial charge in [-0.15, -0.1) is 0 Å². The van der Waals surface area contributed by atoms with Crippen molar-refractivity contribution in [1.29, 1.82) is 0 Å². The van der Waals surface area contributed by atoms with Gasteiger partial charge in [-0.3, -0.25) is 0 Å². The van der Waals surface area contributed by atoms with Crippen molar-refractivity contribution in [3.8, 4) is 0 Å². The van der Waals surface area contributed by atoms with Crippen LogP contribution in [0.2, 0.25) is 0 Å². The molecule has 0 atom stereocenters. The second kappa shape index (κ2) is 9.45. The summed E-state index contributed by atoms with van der Waals surface area (Å²) in [4.78, 5) is 8.64. The normalized spacial score (nSPS) is 1.75. The van der Waals surface area contributed by atoms with E-state index in [1.165, 1.54) is 4.75 Å². The maximum Gasteiger partial charge on any atom is 0 e. The van der Waals surface area contributed by atoms with E-state index >= 15 is 0 Å². The van der Waals surface area contributed by atoms with Gasteiger partial charge < -0.3 is 0 Å². The maximum atomic E-state index is 8.64. The average Bonchev–Trinajstić information content (AvgIpc) is 0.918. The molecule has 0 aliphatic heterocycles. The molecule has 0 aromatic heterocycles. The third-order valence-electron chi connectivity index (χ3n) is 0. The molecule has 0 aliphatic rings. The molecule has 0 saturated carbocycles. The molecule has 0 spiro atoms. The van der Waals surface area contributed by atoms with E-state index in [1.807, 2.05) is 0 Å². The van der Waals surface area contributed by atoms with E-state index in [9.17, 15) is 0 Å². The Morgan fingerprint density at radius 2 is 1.75 bits per heavy atom. The van der Waals surface area contributed by atoms with E-state index in [1.54, 1.807) is 15.9 Å². The molecular formula is CAlFeO. The van der Waals surface area contributed by atoms with Gasteiger partial charge in [0, 0.05) is 17.1 Å². The summed E-state index contributed by atoms with van der Waals surface area (Å²) < 4.78 is 1.42. The van der Waals surface area contributed by atoms with E-state index < -0.39 is 0 Å². The van der Waals surface area contributed by atoms with E-state index in [0.29, 0.717) is 0 Å². The van der Waals surface area contributed by atoms with Crippen LogP contribution in [-0.4, -0.2) is 20.6 Å². The fourth-order valence-electron chi connectivity index (χ4n) is 0. The van der Waals surface area contributed by atoms with Gasteiger partial charge in [0.1, 0.15) is 0 Å². The van der Waals surface area contributed by atoms with Crippen LogP contribution in [0.25, 0.3) is 0 Å². The van der Waals surface area contributed by atoms with Crippen LogP contribution in [0.5, 0.6) is 0 Å². The third kappa shape index (κ3) is 17.6. The average molecular weight is 111 g/mol. The maximum absolute atomic E-state index is 8.64. The Bertz CT molecular complexity index is 29.0. The molecule has 1 nitrogen and oxygen atoms in total. The molecule has 21 valence electrons. The molecule has 0 rings (SSSR count). The third-order valence-corrected chi connectivity index (χ3v) is 0. The van der Waals surface area contributed by atoms with Gasteiger partial charge in [-0.25, -0.2) is 0 Å². The molecule has 3 heteroatoms. The molecule has 0 N–H and O–H groups in total. The number of rotatable bonds is 0. The Kier molecular flexibility index (Phi) is 20.8. The first-order chi connectivity index (χ1) is 1.41. The van der Waals surface area contributed by atoms with Crippen molar-refractivity contribution in [2.45, 2.75) is 0 Å². The van der Waals surface area contributed by atoms with Crippen molar-refractivity contribution in [3.05, 3.63) is 0 Å². The predicted molar refractivity (Wildman–Crippen MR) is 11.4 cm³/mol. The first-order valence-corrected chi connectivity index (χ1v) is 1.07. The minimum Gasteiger partial charge on any atom is 0 e. The second-order valence-corrected chi connectivity index (χ2v) is 0.354. The molecule has 0 aliphatic carbocycles. The summed E-state index contributed by atoms with van der Waals surface area (Å²) in [6, 6.07) is 0. The SMILES string of the molecule is O=[C]=[Al].[Fe]. The summed E-state index contributed by atoms with van der Waals surface area (Å²) in [5.41, 5.74) is 0. The van der Waals surface area contributed by atoms with Gasteiger partial charge in [0.15, 0.2) is 0 Å². The van der Waals surface area contributed by atoms with Crippen LogP contribution >= 0.6 is 0 Å². The molecule has 4 heavy (non-hydrogen) atoms. The smallest absolute Gasteiger partial charge is 0 e. The Labute approximate surface area is 42.8 Å². The summed E-state index contributed by atoms with van der Waals surface area (Å²) in [6.45, 7) is 0. The van der Waals surface area contributed by atoms with Gasteiger partial charge in [0.25, 0.3) is 0 Å². The van der Waals surface area contributed by atoms with Gasteiger partial charge in [-0.05, 0) is 0 Å². The first kappa shape index (κ1) is 8.82. The molecule has 1 radical (unpaired) electrons. The van der Waals surface area contributed by atoms with Crippen LogP contribution in [0, 0.1) is 0 Å². The van der Waals surface area contributed by atoms with E-state index in [0.717, 1.165) is 0 Å². The van der Waals surface area contributed by atoms with Crippen LogP contribution < -0.4 is 0 Å². The largest absolute Gasteiger partial charge is 0 e. The van der Waals surface area contributed by atoms with Crippen LogP contribution in [0.3, 0.4) is 0 Å². The fraction of sp³-hybridized carbons (Fsp3) is 0. The minimum absolute atomic E-state index is 0. The summed E-state index contributed by atoms with van der Waals surface area (Å²) in [5.74, 6) is 0. The number of hydrogen-bond donors (Lipinski definition) is 0. The van der Waals surface area contributed by atoms with E-state index in [2.05, 4.69) is 0 Å². The van der Waals surface area contributed by atoms with Crippen molar-refractivity contribution in [1.82, 2.24) is 0 Å². The molecule has 0 saturated heterocycles. The standard InChI is InChI=1S/CO.Al.Fe/c1-2;;. The summed E-state index contributed by atoms with van der Waals surface area (Å²) >= 11 is 1.77. The summed E-state index contributed by atoms with van der Waals surface area (Å²) in [6.07, 6.45) is 0. The Morgan fingerprint density at radius 3 is 1.75 bits per heavy atom. The van der Waals surface area contributed by atoms with Crippen LogP contribution in [-0.2, 0) is 21.9 Å². The number of hydrogen-bond acceptors (Lipinski definition) is 1. The Morgan fingerprint density at radius 1 is 1.75 bits per heavy atom. The Hall–Kier alpha value is 0.632. The minimum atomic E-state index is 0. The van der Waals surface area contributed by atoms with Gasteiger partial charge in [0.2, 0.25) is 0 Å². The molecule has 0 aromatic carbocycles. The molecular weight excluding hydrogens is 111 g/mol. The van der Waals surface area contributed by atoms with Crippen molar-refractivity contribution in [3.63, 3.8) is 0 Å². The first-order valence-electron chi connectivity index (χ1n) is 0.493. The van der Waals surface area contributed by atoms with E-state index in [4.69, 9.17) is 4.79 Å². The van der Waals surface area contributed by atoms with E-state index in [-0.39, 0.29) is 17.1 Å². The molecule has 0 bridgehead atoms. The topological polar surface area (TPSA) is 17.1 Å². The molecule has 0 unspecified atom stereocenters. The number of carbonyl (C=O) groups excluding carboxylic acids is 1. The van der Waals surface area contributed by atoms with Crippen LogP contribution in [0.15, 0.2) is 0 Å². The molecule has 0 fully saturated rings. The van der Waals surface area contributed by atoms with Gasteiger partial charge in [-0.1, -0.05) is 0 Å². The monoisotopic (exact) mass is 111 g/mol. The predicted octanol–water partition coefficient (Wildman–Crippen LogP) is -0.780. The van der Waals surface area contributed by atoms with Crippen molar-refractivity contribution in [2.75, 3.05) is 0 Å². The van der Waals surface area contributed by atoms with Crippen LogP contribution in [0.4, 0.5) is 0 Å². The van der Waals surface area contributed by atoms with Gasteiger partial charge >= 0.3 is 25.4 Å². The molecule has 0 aromatic rings. The Balaban J connectivity index is 0. The zero-order valence-electron chi connectivity index (χ0n) is 1.84. The van der Waals surface area contributed by atoms with Gasteiger partial charge in [-0.2, -0.15) is 0 Å². The quantitative estimate of drug-likeness (QED) is 0.374. The summed E-state index contributed by atoms with van der Waals surface area (Å²) in [5, 5.41) is 0. The second-order valence-electron chi connectivity index (χ2n) is 0.118. The molecule has 0 heterocycles. The zero-order valence-corrected chi connectivity index (χ0v) is 4.10. The zero-order chi connectivity index (χ0) is 2.71. The van der Waals surface area contributed by atoms with Crippen molar-refractivity contribution >= 4 is 20.6 Å².